The van der Waals surface area contributed by atoms with Gasteiger partial charge >= 0.3 is 0 Å². The molecule has 1 saturated heterocycles. The topological polar surface area (TPSA) is 94.8 Å². The standard InChI is InChI=1S/C28H32N6O4/c1-18(2)33-8-9-38-27(28(33)35)17-34(21-10-22(36-4)13-23(11-21)37-5)20-6-7-24-25(12-20)31-26(15-29-24)19-14-30-32(3)16-19/h6-7,10-16,18,27H,8-9,17H2,1-5H3. The molecule has 10 heteroatoms. The van der Waals surface area contributed by atoms with Gasteiger partial charge in [-0.3, -0.25) is 14.5 Å². The van der Waals surface area contributed by atoms with E-state index in [1.54, 1.807) is 31.3 Å². The second-order valence-corrected chi connectivity index (χ2v) is 9.50. The summed E-state index contributed by atoms with van der Waals surface area (Å²) in [5, 5.41) is 4.25. The molecule has 1 fully saturated rings. The van der Waals surface area contributed by atoms with Gasteiger partial charge in [0.15, 0.2) is 6.10 Å². The molecule has 0 bridgehead atoms. The minimum Gasteiger partial charge on any atom is -0.497 e. The molecule has 1 amide bonds. The van der Waals surface area contributed by atoms with E-state index >= 15 is 0 Å². The van der Waals surface area contributed by atoms with E-state index in [0.717, 1.165) is 33.7 Å². The number of carbonyl (C=O) groups excluding carboxylic acids is 1. The maximum atomic E-state index is 13.3. The molecule has 1 unspecified atom stereocenters. The second-order valence-electron chi connectivity index (χ2n) is 9.50. The van der Waals surface area contributed by atoms with Crippen molar-refractivity contribution in [3.05, 3.63) is 55.0 Å². The Hall–Kier alpha value is -4.18. The van der Waals surface area contributed by atoms with Gasteiger partial charge in [-0.2, -0.15) is 5.10 Å². The van der Waals surface area contributed by atoms with Gasteiger partial charge in [-0.1, -0.05) is 0 Å². The molecular weight excluding hydrogens is 484 g/mol. The smallest absolute Gasteiger partial charge is 0.253 e. The number of ether oxygens (including phenoxy) is 3. The molecule has 5 rings (SSSR count). The summed E-state index contributed by atoms with van der Waals surface area (Å²) in [5.74, 6) is 1.26. The summed E-state index contributed by atoms with van der Waals surface area (Å²) >= 11 is 0. The number of morpholine rings is 1. The summed E-state index contributed by atoms with van der Waals surface area (Å²) in [6.45, 7) is 5.42. The lowest BCUT2D eigenvalue weighted by atomic mass is 10.1. The highest BCUT2D eigenvalue weighted by Crippen LogP contribution is 2.35. The van der Waals surface area contributed by atoms with E-state index in [4.69, 9.17) is 19.2 Å². The zero-order chi connectivity index (χ0) is 26.8. The van der Waals surface area contributed by atoms with Crippen molar-refractivity contribution in [3.8, 4) is 22.8 Å². The van der Waals surface area contributed by atoms with Gasteiger partial charge in [0.25, 0.3) is 5.91 Å². The zero-order valence-corrected chi connectivity index (χ0v) is 22.3. The molecule has 1 atom stereocenters. The van der Waals surface area contributed by atoms with Crippen LogP contribution in [0.2, 0.25) is 0 Å². The number of anilines is 2. The summed E-state index contributed by atoms with van der Waals surface area (Å²) in [6, 6.07) is 11.6. The molecule has 38 heavy (non-hydrogen) atoms. The summed E-state index contributed by atoms with van der Waals surface area (Å²) in [7, 11) is 5.09. The summed E-state index contributed by atoms with van der Waals surface area (Å²) < 4.78 is 18.8. The molecule has 1 aliphatic rings. The number of nitrogens with zero attached hydrogens (tertiary/aromatic N) is 6. The van der Waals surface area contributed by atoms with Crippen LogP contribution in [0.5, 0.6) is 11.5 Å². The fourth-order valence-electron chi connectivity index (χ4n) is 4.64. The average Bonchev–Trinajstić information content (AvgIpc) is 3.37. The first-order chi connectivity index (χ1) is 18.4. The van der Waals surface area contributed by atoms with E-state index in [9.17, 15) is 4.79 Å². The van der Waals surface area contributed by atoms with Crippen molar-refractivity contribution < 1.29 is 19.0 Å². The van der Waals surface area contributed by atoms with Crippen molar-refractivity contribution in [2.75, 3.05) is 38.8 Å². The summed E-state index contributed by atoms with van der Waals surface area (Å²) in [6.07, 6.45) is 4.78. The number of benzene rings is 2. The monoisotopic (exact) mass is 516 g/mol. The predicted octanol–water partition coefficient (Wildman–Crippen LogP) is 3.82. The minimum absolute atomic E-state index is 0.0226. The molecule has 0 saturated carbocycles. The van der Waals surface area contributed by atoms with Gasteiger partial charge in [-0.05, 0) is 32.0 Å². The number of fused-ring (bicyclic) bond motifs is 1. The zero-order valence-electron chi connectivity index (χ0n) is 22.3. The van der Waals surface area contributed by atoms with Crippen molar-refractivity contribution >= 4 is 28.3 Å². The molecule has 0 aliphatic carbocycles. The highest BCUT2D eigenvalue weighted by atomic mass is 16.5. The number of rotatable bonds is 8. The van der Waals surface area contributed by atoms with Gasteiger partial charge in [0, 0.05) is 61.0 Å². The normalized spacial score (nSPS) is 15.8. The molecule has 2 aromatic carbocycles. The molecule has 0 spiro atoms. The number of methoxy groups -OCH3 is 2. The molecule has 0 N–H and O–H groups in total. The van der Waals surface area contributed by atoms with Gasteiger partial charge in [-0.15, -0.1) is 0 Å². The molecule has 0 radical (unpaired) electrons. The lowest BCUT2D eigenvalue weighted by Crippen LogP contribution is -2.53. The van der Waals surface area contributed by atoms with E-state index in [1.165, 1.54) is 0 Å². The van der Waals surface area contributed by atoms with Crippen LogP contribution in [0.4, 0.5) is 11.4 Å². The Morgan fingerprint density at radius 1 is 1.05 bits per heavy atom. The van der Waals surface area contributed by atoms with Crippen LogP contribution in [0.25, 0.3) is 22.3 Å². The van der Waals surface area contributed by atoms with Crippen LogP contribution in [0.1, 0.15) is 13.8 Å². The molecule has 1 aliphatic heterocycles. The third kappa shape index (κ3) is 5.12. The second kappa shape index (κ2) is 10.7. The molecule has 2 aromatic heterocycles. The van der Waals surface area contributed by atoms with Crippen LogP contribution in [-0.2, 0) is 16.6 Å². The predicted molar refractivity (Wildman–Crippen MR) is 145 cm³/mol. The third-order valence-corrected chi connectivity index (χ3v) is 6.67. The molecule has 198 valence electrons. The Morgan fingerprint density at radius 2 is 1.82 bits per heavy atom. The van der Waals surface area contributed by atoms with Crippen molar-refractivity contribution in [2.45, 2.75) is 26.0 Å². The number of hydrogen-bond donors (Lipinski definition) is 0. The Balaban J connectivity index is 1.58. The Bertz CT molecular complexity index is 1430. The first-order valence-electron chi connectivity index (χ1n) is 12.5. The van der Waals surface area contributed by atoms with Crippen LogP contribution in [0.3, 0.4) is 0 Å². The highest BCUT2D eigenvalue weighted by Gasteiger charge is 2.33. The molecule has 3 heterocycles. The van der Waals surface area contributed by atoms with E-state index in [1.807, 2.05) is 73.3 Å². The Kier molecular flexibility index (Phi) is 7.15. The quantitative estimate of drug-likeness (QED) is 0.349. The van der Waals surface area contributed by atoms with E-state index in [0.29, 0.717) is 31.2 Å². The van der Waals surface area contributed by atoms with E-state index < -0.39 is 6.10 Å². The Labute approximate surface area is 221 Å². The third-order valence-electron chi connectivity index (χ3n) is 6.67. The number of hydrogen-bond acceptors (Lipinski definition) is 8. The van der Waals surface area contributed by atoms with Crippen molar-refractivity contribution in [2.24, 2.45) is 7.05 Å². The summed E-state index contributed by atoms with van der Waals surface area (Å²) in [5.41, 5.74) is 4.75. The number of aryl methyl sites for hydroxylation is 1. The largest absolute Gasteiger partial charge is 0.497 e. The van der Waals surface area contributed by atoms with Crippen LogP contribution >= 0.6 is 0 Å². The average molecular weight is 517 g/mol. The number of carbonyl (C=O) groups is 1. The van der Waals surface area contributed by atoms with Gasteiger partial charge in [-0.25, -0.2) is 4.98 Å². The number of aromatic nitrogens is 4. The van der Waals surface area contributed by atoms with Crippen LogP contribution in [0.15, 0.2) is 55.0 Å². The van der Waals surface area contributed by atoms with Crippen LogP contribution < -0.4 is 14.4 Å². The first-order valence-corrected chi connectivity index (χ1v) is 12.5. The fraction of sp³-hybridized carbons (Fsp3) is 0.357. The van der Waals surface area contributed by atoms with Crippen LogP contribution in [-0.4, -0.2) is 76.6 Å². The maximum absolute atomic E-state index is 13.3. The van der Waals surface area contributed by atoms with Gasteiger partial charge in [0.1, 0.15) is 11.5 Å². The Morgan fingerprint density at radius 3 is 2.47 bits per heavy atom. The molecule has 4 aromatic rings. The van der Waals surface area contributed by atoms with E-state index in [2.05, 4.69) is 10.1 Å². The lowest BCUT2D eigenvalue weighted by molar-refractivity contribution is -0.154. The SMILES string of the molecule is COc1cc(OC)cc(N(CC2OCCN(C(C)C)C2=O)c2ccc3ncc(-c4cnn(C)c4)nc3c2)c1. The molecular formula is C28H32N6O4. The van der Waals surface area contributed by atoms with Crippen molar-refractivity contribution in [3.63, 3.8) is 0 Å². The van der Waals surface area contributed by atoms with Gasteiger partial charge in [0.2, 0.25) is 0 Å². The lowest BCUT2D eigenvalue weighted by Gasteiger charge is -2.37. The maximum Gasteiger partial charge on any atom is 0.253 e. The highest BCUT2D eigenvalue weighted by molar-refractivity contribution is 5.85. The number of amides is 1. The summed E-state index contributed by atoms with van der Waals surface area (Å²) in [4.78, 5) is 26.7. The fourth-order valence-corrected chi connectivity index (χ4v) is 4.64. The minimum atomic E-state index is -0.633. The molecule has 10 nitrogen and oxygen atoms in total. The van der Waals surface area contributed by atoms with Crippen molar-refractivity contribution in [1.29, 1.82) is 0 Å². The van der Waals surface area contributed by atoms with Crippen molar-refractivity contribution in [1.82, 2.24) is 24.6 Å². The first kappa shape index (κ1) is 25.5. The van der Waals surface area contributed by atoms with Gasteiger partial charge < -0.3 is 24.0 Å². The van der Waals surface area contributed by atoms with Crippen LogP contribution in [0, 0.1) is 0 Å². The van der Waals surface area contributed by atoms with Gasteiger partial charge in [0.05, 0.1) is 56.5 Å². The van der Waals surface area contributed by atoms with E-state index in [-0.39, 0.29) is 11.9 Å².